The fraction of sp³-hybridized carbons (Fsp3) is 0.214. The minimum absolute atomic E-state index is 0.0501. The van der Waals surface area contributed by atoms with Gasteiger partial charge in [0, 0.05) is 29.9 Å². The molecule has 1 aromatic heterocycles. The number of anilines is 1. The number of hydrogen-bond donors (Lipinski definition) is 2. The van der Waals surface area contributed by atoms with Gasteiger partial charge < -0.3 is 15.1 Å². The topological polar surface area (TPSA) is 54.3 Å². The van der Waals surface area contributed by atoms with Crippen LogP contribution in [0.25, 0.3) is 0 Å². The predicted octanol–water partition coefficient (Wildman–Crippen LogP) is 2.18. The second-order valence-electron chi connectivity index (χ2n) is 4.36. The normalized spacial score (nSPS) is 12.9. The number of amides is 1. The lowest BCUT2D eigenvalue weighted by Crippen LogP contribution is -2.22. The van der Waals surface area contributed by atoms with Gasteiger partial charge in [-0.2, -0.15) is 0 Å². The summed E-state index contributed by atoms with van der Waals surface area (Å²) < 4.78 is 4.95. The van der Waals surface area contributed by atoms with E-state index in [2.05, 4.69) is 10.6 Å². The van der Waals surface area contributed by atoms with Gasteiger partial charge in [0.25, 0.3) is 5.91 Å². The lowest BCUT2D eigenvalue weighted by molar-refractivity contribution is 0.0951. The van der Waals surface area contributed by atoms with Gasteiger partial charge in [-0.25, -0.2) is 0 Å². The maximum Gasteiger partial charge on any atom is 0.251 e. The summed E-state index contributed by atoms with van der Waals surface area (Å²) in [5.74, 6) is -0.0501. The smallest absolute Gasteiger partial charge is 0.251 e. The number of carbonyl (C=O) groups excluding carboxylic acids is 1. The Labute approximate surface area is 105 Å². The van der Waals surface area contributed by atoms with Gasteiger partial charge >= 0.3 is 0 Å². The summed E-state index contributed by atoms with van der Waals surface area (Å²) in [5.41, 5.74) is 4.03. The van der Waals surface area contributed by atoms with E-state index in [1.807, 2.05) is 24.3 Å². The summed E-state index contributed by atoms with van der Waals surface area (Å²) in [6.07, 6.45) is 4.22. The third-order valence-corrected chi connectivity index (χ3v) is 3.11. The lowest BCUT2D eigenvalue weighted by atomic mass is 10.1. The van der Waals surface area contributed by atoms with Crippen LogP contribution in [0, 0.1) is 0 Å². The van der Waals surface area contributed by atoms with Crippen LogP contribution in [-0.4, -0.2) is 12.5 Å². The van der Waals surface area contributed by atoms with Gasteiger partial charge in [0.05, 0.1) is 12.5 Å². The van der Waals surface area contributed by atoms with Crippen molar-refractivity contribution >= 4 is 11.6 Å². The monoisotopic (exact) mass is 242 g/mol. The van der Waals surface area contributed by atoms with Crippen molar-refractivity contribution in [3.05, 3.63) is 53.5 Å². The second-order valence-corrected chi connectivity index (χ2v) is 4.36. The van der Waals surface area contributed by atoms with Crippen LogP contribution in [0.15, 0.2) is 41.2 Å². The molecule has 4 heteroatoms. The molecule has 0 saturated carbocycles. The van der Waals surface area contributed by atoms with Crippen LogP contribution in [-0.2, 0) is 13.0 Å². The highest BCUT2D eigenvalue weighted by molar-refractivity contribution is 5.95. The van der Waals surface area contributed by atoms with Crippen molar-refractivity contribution in [2.45, 2.75) is 13.0 Å². The zero-order valence-corrected chi connectivity index (χ0v) is 9.90. The third kappa shape index (κ3) is 2.09. The predicted molar refractivity (Wildman–Crippen MR) is 68.5 cm³/mol. The van der Waals surface area contributed by atoms with Gasteiger partial charge in [0.2, 0.25) is 0 Å². The minimum Gasteiger partial charge on any atom is -0.472 e. The molecule has 0 bridgehead atoms. The first-order valence-electron chi connectivity index (χ1n) is 5.99. The number of nitrogens with one attached hydrogen (secondary N) is 2. The van der Waals surface area contributed by atoms with E-state index in [1.54, 1.807) is 12.5 Å². The molecule has 3 rings (SSSR count). The molecule has 0 atom stereocenters. The van der Waals surface area contributed by atoms with Crippen molar-refractivity contribution < 1.29 is 9.21 Å². The van der Waals surface area contributed by atoms with Gasteiger partial charge in [0.15, 0.2) is 0 Å². The average Bonchev–Trinajstić information content (AvgIpc) is 3.05. The summed E-state index contributed by atoms with van der Waals surface area (Å²) in [6, 6.07) is 7.61. The van der Waals surface area contributed by atoms with Crippen LogP contribution in [0.5, 0.6) is 0 Å². The van der Waals surface area contributed by atoms with Crippen LogP contribution >= 0.6 is 0 Å². The van der Waals surface area contributed by atoms with Crippen molar-refractivity contribution in [3.63, 3.8) is 0 Å². The molecule has 0 fully saturated rings. The van der Waals surface area contributed by atoms with E-state index in [-0.39, 0.29) is 5.91 Å². The van der Waals surface area contributed by atoms with Crippen molar-refractivity contribution in [2.24, 2.45) is 0 Å². The molecule has 1 aliphatic rings. The molecule has 1 aliphatic heterocycles. The fourth-order valence-electron chi connectivity index (χ4n) is 2.12. The van der Waals surface area contributed by atoms with Gasteiger partial charge in [-0.3, -0.25) is 4.79 Å². The summed E-state index contributed by atoms with van der Waals surface area (Å²) in [5, 5.41) is 6.15. The van der Waals surface area contributed by atoms with E-state index >= 15 is 0 Å². The number of hydrogen-bond acceptors (Lipinski definition) is 3. The highest BCUT2D eigenvalue weighted by atomic mass is 16.3. The lowest BCUT2D eigenvalue weighted by Gasteiger charge is -2.05. The first-order valence-corrected chi connectivity index (χ1v) is 5.99. The molecule has 2 N–H and O–H groups in total. The van der Waals surface area contributed by atoms with E-state index in [0.29, 0.717) is 12.1 Å². The molecule has 2 heterocycles. The summed E-state index contributed by atoms with van der Waals surface area (Å²) in [6.45, 7) is 1.44. The first-order chi connectivity index (χ1) is 8.83. The highest BCUT2D eigenvalue weighted by Gasteiger charge is 2.13. The van der Waals surface area contributed by atoms with E-state index in [1.165, 1.54) is 5.56 Å². The Kier molecular flexibility index (Phi) is 2.76. The van der Waals surface area contributed by atoms with Crippen molar-refractivity contribution in [2.75, 3.05) is 11.9 Å². The van der Waals surface area contributed by atoms with Crippen molar-refractivity contribution in [1.29, 1.82) is 0 Å². The average molecular weight is 242 g/mol. The standard InChI is InChI=1S/C14H14N2O2/c17-14(16-8-10-4-6-18-9-10)12-1-2-13-11(7-12)3-5-15-13/h1-2,4,6-7,9,15H,3,5,8H2,(H,16,17). The SMILES string of the molecule is O=C(NCc1ccoc1)c1ccc2c(c1)CCN2. The Morgan fingerprint density at radius 3 is 3.17 bits per heavy atom. The second kappa shape index (κ2) is 4.56. The van der Waals surface area contributed by atoms with Gasteiger partial charge in [-0.1, -0.05) is 0 Å². The molecule has 18 heavy (non-hydrogen) atoms. The van der Waals surface area contributed by atoms with Crippen LogP contribution in [0.1, 0.15) is 21.5 Å². The maximum atomic E-state index is 12.0. The highest BCUT2D eigenvalue weighted by Crippen LogP contribution is 2.22. The first kappa shape index (κ1) is 10.9. The van der Waals surface area contributed by atoms with Crippen LogP contribution in [0.4, 0.5) is 5.69 Å². The molecule has 92 valence electrons. The van der Waals surface area contributed by atoms with E-state index < -0.39 is 0 Å². The Morgan fingerprint density at radius 2 is 2.33 bits per heavy atom. The van der Waals surface area contributed by atoms with E-state index in [4.69, 9.17) is 4.42 Å². The number of furan rings is 1. The zero-order chi connectivity index (χ0) is 12.4. The third-order valence-electron chi connectivity index (χ3n) is 3.11. The Balaban J connectivity index is 1.69. The molecular formula is C14H14N2O2. The van der Waals surface area contributed by atoms with Crippen molar-refractivity contribution in [3.8, 4) is 0 Å². The molecule has 0 aliphatic carbocycles. The summed E-state index contributed by atoms with van der Waals surface area (Å²) >= 11 is 0. The Bertz CT molecular complexity index is 561. The number of fused-ring (bicyclic) bond motifs is 1. The van der Waals surface area contributed by atoms with Gasteiger partial charge in [-0.05, 0) is 36.2 Å². The molecule has 0 spiro atoms. The number of benzene rings is 1. The Morgan fingerprint density at radius 1 is 1.39 bits per heavy atom. The molecular weight excluding hydrogens is 228 g/mol. The van der Waals surface area contributed by atoms with Crippen LogP contribution in [0.3, 0.4) is 0 Å². The molecule has 0 saturated heterocycles. The number of carbonyl (C=O) groups is 1. The Hall–Kier alpha value is -2.23. The molecule has 4 nitrogen and oxygen atoms in total. The minimum atomic E-state index is -0.0501. The molecule has 1 amide bonds. The van der Waals surface area contributed by atoms with Gasteiger partial charge in [0.1, 0.15) is 0 Å². The van der Waals surface area contributed by atoms with E-state index in [0.717, 1.165) is 24.2 Å². The van der Waals surface area contributed by atoms with Crippen LogP contribution < -0.4 is 10.6 Å². The summed E-state index contributed by atoms with van der Waals surface area (Å²) in [4.78, 5) is 12.0. The molecule has 1 aromatic carbocycles. The quantitative estimate of drug-likeness (QED) is 0.867. The maximum absolute atomic E-state index is 12.0. The van der Waals surface area contributed by atoms with Crippen molar-refractivity contribution in [1.82, 2.24) is 5.32 Å². The summed E-state index contributed by atoms with van der Waals surface area (Å²) in [7, 11) is 0. The van der Waals surface area contributed by atoms with Crippen LogP contribution in [0.2, 0.25) is 0 Å². The zero-order valence-electron chi connectivity index (χ0n) is 9.90. The molecule has 0 radical (unpaired) electrons. The van der Waals surface area contributed by atoms with Gasteiger partial charge in [-0.15, -0.1) is 0 Å². The van der Waals surface area contributed by atoms with E-state index in [9.17, 15) is 4.79 Å². The number of rotatable bonds is 3. The molecule has 2 aromatic rings. The fourth-order valence-corrected chi connectivity index (χ4v) is 2.12. The molecule has 0 unspecified atom stereocenters. The largest absolute Gasteiger partial charge is 0.472 e.